The fraction of sp³-hybridized carbons (Fsp3) is 0.0909. The molecule has 0 bridgehead atoms. The second kappa shape index (κ2) is 12.0. The maximum Gasteiger partial charge on any atom is 0.165 e. The Hall–Kier alpha value is -6.38. The Balaban J connectivity index is 1.43. The summed E-state index contributed by atoms with van der Waals surface area (Å²) in [6.07, 6.45) is 0. The summed E-state index contributed by atoms with van der Waals surface area (Å²) in [4.78, 5) is 15.0. The Morgan fingerprint density at radius 1 is 0.510 bits per heavy atom. The largest absolute Gasteiger partial charge is 0.308 e. The second-order valence-corrected chi connectivity index (χ2v) is 13.3. The highest BCUT2D eigenvalue weighted by Gasteiger charge is 2.24. The molecule has 0 spiro atoms. The molecule has 5 nitrogen and oxygen atoms in total. The number of nitrogens with zero attached hydrogens (tertiary/aromatic N) is 5. The summed E-state index contributed by atoms with van der Waals surface area (Å²) in [5, 5.41) is 12.3. The number of hydrogen-bond acceptors (Lipinski definition) is 4. The third-order valence-corrected chi connectivity index (χ3v) is 8.93. The Morgan fingerprint density at radius 3 is 1.53 bits per heavy atom. The van der Waals surface area contributed by atoms with Gasteiger partial charge in [0.15, 0.2) is 11.6 Å². The van der Waals surface area contributed by atoms with Gasteiger partial charge in [-0.15, -0.1) is 0 Å². The number of hydrogen-bond donors (Lipinski definition) is 0. The summed E-state index contributed by atoms with van der Waals surface area (Å²) in [7, 11) is 0. The van der Waals surface area contributed by atoms with Crippen molar-refractivity contribution in [3.8, 4) is 56.8 Å². The van der Waals surface area contributed by atoms with Crippen LogP contribution in [-0.2, 0) is 5.41 Å². The summed E-state index contributed by atoms with van der Waals surface area (Å²) >= 11 is 0. The van der Waals surface area contributed by atoms with Gasteiger partial charge >= 0.3 is 0 Å². The molecule has 8 rings (SSSR count). The molecule has 2 heterocycles. The van der Waals surface area contributed by atoms with Crippen LogP contribution in [0.1, 0.15) is 32.2 Å². The van der Waals surface area contributed by atoms with Crippen molar-refractivity contribution in [3.05, 3.63) is 157 Å². The van der Waals surface area contributed by atoms with Crippen molar-refractivity contribution in [3.63, 3.8) is 0 Å². The molecule has 0 aliphatic carbocycles. The van der Waals surface area contributed by atoms with Crippen LogP contribution in [0.4, 0.5) is 0 Å². The normalized spacial score (nSPS) is 11.6. The lowest BCUT2D eigenvalue weighted by Gasteiger charge is -2.19. The zero-order valence-electron chi connectivity index (χ0n) is 27.6. The lowest BCUT2D eigenvalue weighted by atomic mass is 9.95. The highest BCUT2D eigenvalue weighted by molar-refractivity contribution is 6.12. The van der Waals surface area contributed by atoms with E-state index >= 15 is 0 Å². The monoisotopic (exact) mass is 631 g/mol. The fourth-order valence-corrected chi connectivity index (χ4v) is 6.43. The lowest BCUT2D eigenvalue weighted by molar-refractivity contribution is 0.543. The van der Waals surface area contributed by atoms with Crippen LogP contribution in [-0.4, -0.2) is 19.5 Å². The molecule has 5 heteroatoms. The molecule has 234 valence electrons. The standard InChI is InChI=1S/C44H33N5/c1-44(2,3)43-47-41(32-17-11-6-12-18-32)46-42(48-43)37-25-29(28-45)19-22-40(37)49-38-23-20-33(30-13-7-4-8-14-30)26-35(38)36-27-34(21-24-39(36)49)31-15-9-5-10-16-31/h4-27H,1-3H3. The lowest BCUT2D eigenvalue weighted by Crippen LogP contribution is -2.18. The van der Waals surface area contributed by atoms with Crippen molar-refractivity contribution in [1.29, 1.82) is 5.26 Å². The van der Waals surface area contributed by atoms with Crippen LogP contribution < -0.4 is 0 Å². The zero-order valence-corrected chi connectivity index (χ0v) is 27.6. The molecule has 0 aliphatic rings. The number of benzene rings is 6. The number of nitriles is 1. The first kappa shape index (κ1) is 30.0. The summed E-state index contributed by atoms with van der Waals surface area (Å²) in [5.74, 6) is 1.82. The van der Waals surface area contributed by atoms with Crippen LogP contribution in [0.25, 0.3) is 72.5 Å². The molecule has 0 saturated heterocycles. The Morgan fingerprint density at radius 2 is 1.02 bits per heavy atom. The topological polar surface area (TPSA) is 67.4 Å². The van der Waals surface area contributed by atoms with Gasteiger partial charge in [0.1, 0.15) is 5.82 Å². The molecule has 2 aromatic heterocycles. The molecule has 0 amide bonds. The molecular weight excluding hydrogens is 599 g/mol. The van der Waals surface area contributed by atoms with E-state index in [1.165, 1.54) is 0 Å². The molecule has 0 N–H and O–H groups in total. The zero-order chi connectivity index (χ0) is 33.5. The Kier molecular flexibility index (Phi) is 7.35. The summed E-state index contributed by atoms with van der Waals surface area (Å²) in [5.41, 5.74) is 9.51. The molecule has 6 aromatic carbocycles. The molecule has 0 saturated carbocycles. The van der Waals surface area contributed by atoms with E-state index < -0.39 is 0 Å². The van der Waals surface area contributed by atoms with E-state index in [-0.39, 0.29) is 5.41 Å². The molecule has 0 aliphatic heterocycles. The molecule has 8 aromatic rings. The summed E-state index contributed by atoms with van der Waals surface area (Å²) in [6, 6.07) is 52.4. The molecule has 0 atom stereocenters. The summed E-state index contributed by atoms with van der Waals surface area (Å²) in [6.45, 7) is 6.32. The van der Waals surface area contributed by atoms with Crippen LogP contribution in [0.15, 0.2) is 146 Å². The molecular formula is C44H33N5. The second-order valence-electron chi connectivity index (χ2n) is 13.3. The van der Waals surface area contributed by atoms with Crippen molar-refractivity contribution < 1.29 is 0 Å². The number of rotatable bonds is 5. The molecule has 0 radical (unpaired) electrons. The molecule has 0 unspecified atom stereocenters. The molecule has 0 fully saturated rings. The van der Waals surface area contributed by atoms with Gasteiger partial charge in [0.2, 0.25) is 0 Å². The minimum atomic E-state index is -0.331. The third-order valence-electron chi connectivity index (χ3n) is 8.93. The highest BCUT2D eigenvalue weighted by atomic mass is 15.1. The maximum atomic E-state index is 10.1. The average molecular weight is 632 g/mol. The minimum absolute atomic E-state index is 0.331. The van der Waals surface area contributed by atoms with Crippen molar-refractivity contribution in [2.45, 2.75) is 26.2 Å². The van der Waals surface area contributed by atoms with Crippen LogP contribution in [0.2, 0.25) is 0 Å². The SMILES string of the molecule is CC(C)(C)c1nc(-c2ccccc2)nc(-c2cc(C#N)ccc2-n2c3ccc(-c4ccccc4)cc3c3cc(-c4ccccc4)ccc32)n1. The van der Waals surface area contributed by atoms with Gasteiger partial charge < -0.3 is 4.57 Å². The van der Waals surface area contributed by atoms with E-state index in [0.29, 0.717) is 23.0 Å². The first-order valence-corrected chi connectivity index (χ1v) is 16.4. The van der Waals surface area contributed by atoms with E-state index in [1.807, 2.05) is 60.7 Å². The predicted octanol–water partition coefficient (Wildman–Crippen LogP) is 10.8. The van der Waals surface area contributed by atoms with Gasteiger partial charge in [-0.25, -0.2) is 15.0 Å². The van der Waals surface area contributed by atoms with Gasteiger partial charge in [0.05, 0.1) is 28.4 Å². The smallest absolute Gasteiger partial charge is 0.165 e. The van der Waals surface area contributed by atoms with Gasteiger partial charge in [-0.1, -0.05) is 124 Å². The van der Waals surface area contributed by atoms with E-state index in [4.69, 9.17) is 15.0 Å². The predicted molar refractivity (Wildman–Crippen MR) is 199 cm³/mol. The van der Waals surface area contributed by atoms with Gasteiger partial charge in [0, 0.05) is 27.3 Å². The van der Waals surface area contributed by atoms with Crippen LogP contribution in [0.5, 0.6) is 0 Å². The number of fused-ring (bicyclic) bond motifs is 3. The Bertz CT molecular complexity index is 2420. The van der Waals surface area contributed by atoms with E-state index in [0.717, 1.165) is 60.9 Å². The van der Waals surface area contributed by atoms with Crippen molar-refractivity contribution in [2.75, 3.05) is 0 Å². The van der Waals surface area contributed by atoms with E-state index in [9.17, 15) is 5.26 Å². The van der Waals surface area contributed by atoms with Crippen molar-refractivity contribution >= 4 is 21.8 Å². The van der Waals surface area contributed by atoms with Crippen molar-refractivity contribution in [1.82, 2.24) is 19.5 Å². The number of aromatic nitrogens is 4. The first-order chi connectivity index (χ1) is 23.9. The van der Waals surface area contributed by atoms with Gasteiger partial charge in [-0.3, -0.25) is 0 Å². The fourth-order valence-electron chi connectivity index (χ4n) is 6.43. The van der Waals surface area contributed by atoms with E-state index in [1.54, 1.807) is 0 Å². The maximum absolute atomic E-state index is 10.1. The van der Waals surface area contributed by atoms with Gasteiger partial charge in [-0.05, 0) is 64.7 Å². The Labute approximate surface area is 285 Å². The van der Waals surface area contributed by atoms with E-state index in [2.05, 4.69) is 116 Å². The average Bonchev–Trinajstić information content (AvgIpc) is 3.48. The summed E-state index contributed by atoms with van der Waals surface area (Å²) < 4.78 is 2.29. The van der Waals surface area contributed by atoms with Gasteiger partial charge in [-0.2, -0.15) is 5.26 Å². The third kappa shape index (κ3) is 5.54. The van der Waals surface area contributed by atoms with Gasteiger partial charge in [0.25, 0.3) is 0 Å². The highest BCUT2D eigenvalue weighted by Crippen LogP contribution is 2.40. The molecule has 49 heavy (non-hydrogen) atoms. The van der Waals surface area contributed by atoms with Crippen LogP contribution >= 0.6 is 0 Å². The van der Waals surface area contributed by atoms with Crippen LogP contribution in [0.3, 0.4) is 0 Å². The first-order valence-electron chi connectivity index (χ1n) is 16.4. The quantitative estimate of drug-likeness (QED) is 0.190. The van der Waals surface area contributed by atoms with Crippen molar-refractivity contribution in [2.24, 2.45) is 0 Å². The van der Waals surface area contributed by atoms with Crippen LogP contribution in [0, 0.1) is 11.3 Å². The minimum Gasteiger partial charge on any atom is -0.308 e.